The highest BCUT2D eigenvalue weighted by atomic mass is 19.4. The monoisotopic (exact) mass is 340 g/mol. The third-order valence-corrected chi connectivity index (χ3v) is 3.43. The molecule has 0 N–H and O–H groups in total. The van der Waals surface area contributed by atoms with E-state index in [0.29, 0.717) is 0 Å². The summed E-state index contributed by atoms with van der Waals surface area (Å²) in [6.07, 6.45) is -2.83. The van der Waals surface area contributed by atoms with Gasteiger partial charge in [-0.1, -0.05) is 0 Å². The second kappa shape index (κ2) is 5.99. The van der Waals surface area contributed by atoms with Gasteiger partial charge < -0.3 is 14.1 Å². The maximum absolute atomic E-state index is 12.6. The van der Waals surface area contributed by atoms with Crippen molar-refractivity contribution < 1.29 is 27.1 Å². The van der Waals surface area contributed by atoms with Crippen molar-refractivity contribution in [2.75, 3.05) is 13.1 Å². The average molecular weight is 340 g/mol. The molecule has 0 spiro atoms. The second-order valence-corrected chi connectivity index (χ2v) is 5.17. The lowest BCUT2D eigenvalue weighted by Gasteiger charge is -2.38. The minimum Gasteiger partial charge on any atom is -0.471 e. The summed E-state index contributed by atoms with van der Waals surface area (Å²) >= 11 is 0. The van der Waals surface area contributed by atoms with E-state index in [0.717, 1.165) is 30.7 Å². The number of likely N-dealkylation sites (tertiary alicyclic amines) is 1. The summed E-state index contributed by atoms with van der Waals surface area (Å²) in [6.45, 7) is 0.409. The molecule has 0 aromatic carbocycles. The van der Waals surface area contributed by atoms with Crippen molar-refractivity contribution in [1.82, 2.24) is 9.88 Å². The third-order valence-electron chi connectivity index (χ3n) is 3.43. The van der Waals surface area contributed by atoms with Gasteiger partial charge >= 0.3 is 11.8 Å². The van der Waals surface area contributed by atoms with E-state index in [4.69, 9.17) is 4.74 Å². The Morgan fingerprint density at radius 3 is 2.67 bits per heavy atom. The molecule has 0 radical (unpaired) electrons. The number of aromatic nitrogens is 1. The second-order valence-electron chi connectivity index (χ2n) is 5.17. The zero-order chi connectivity index (χ0) is 17.3. The van der Waals surface area contributed by atoms with Crippen LogP contribution in [0.1, 0.15) is 15.9 Å². The lowest BCUT2D eigenvalue weighted by atomic mass is 10.1. The van der Waals surface area contributed by atoms with Crippen LogP contribution < -0.4 is 10.4 Å². The van der Waals surface area contributed by atoms with Crippen LogP contribution >= 0.6 is 0 Å². The number of carbonyl (C=O) groups excluding carboxylic acids is 1. The molecule has 3 rings (SSSR count). The van der Waals surface area contributed by atoms with Crippen molar-refractivity contribution in [3.05, 3.63) is 58.3 Å². The molecule has 1 amide bonds. The molecular weight excluding hydrogens is 329 g/mol. The largest absolute Gasteiger partial charge is 0.471 e. The molecule has 24 heavy (non-hydrogen) atoms. The maximum atomic E-state index is 12.6. The Morgan fingerprint density at radius 2 is 2.04 bits per heavy atom. The Balaban J connectivity index is 1.58. The first kappa shape index (κ1) is 16.0. The van der Waals surface area contributed by atoms with E-state index in [1.54, 1.807) is 0 Å². The first-order valence-electron chi connectivity index (χ1n) is 6.91. The van der Waals surface area contributed by atoms with Crippen molar-refractivity contribution in [3.8, 4) is 5.88 Å². The minimum absolute atomic E-state index is 0.146. The van der Waals surface area contributed by atoms with Crippen LogP contribution in [0.2, 0.25) is 0 Å². The van der Waals surface area contributed by atoms with Gasteiger partial charge in [-0.25, -0.2) is 9.78 Å². The summed E-state index contributed by atoms with van der Waals surface area (Å²) in [5.41, 5.74) is -1.20. The number of ether oxygens (including phenoxy) is 1. The predicted molar refractivity (Wildman–Crippen MR) is 74.5 cm³/mol. The summed E-state index contributed by atoms with van der Waals surface area (Å²) in [5, 5.41) is 0. The van der Waals surface area contributed by atoms with Gasteiger partial charge in [0.1, 0.15) is 12.4 Å². The van der Waals surface area contributed by atoms with Gasteiger partial charge in [-0.05, 0) is 12.1 Å². The number of alkyl halides is 3. The molecule has 0 unspecified atom stereocenters. The number of carbonyl (C=O) groups is 1. The van der Waals surface area contributed by atoms with Crippen LogP contribution in [0.25, 0.3) is 0 Å². The molecule has 0 bridgehead atoms. The average Bonchev–Trinajstić information content (AvgIpc) is 2.50. The van der Waals surface area contributed by atoms with Crippen LogP contribution in [0, 0.1) is 0 Å². The van der Waals surface area contributed by atoms with Crippen LogP contribution in [-0.4, -0.2) is 35.0 Å². The molecule has 1 fully saturated rings. The van der Waals surface area contributed by atoms with Crippen LogP contribution in [0.15, 0.2) is 45.9 Å². The van der Waals surface area contributed by atoms with Crippen LogP contribution in [-0.2, 0) is 6.18 Å². The standard InChI is InChI=1S/C15H11F3N2O4/c16-15(17,18)10-3-4-19-12(5-10)24-11-6-20(7-11)14(22)9-1-2-13(21)23-8-9/h1-5,8,11H,6-7H2. The summed E-state index contributed by atoms with van der Waals surface area (Å²) in [4.78, 5) is 28.1. The summed E-state index contributed by atoms with van der Waals surface area (Å²) < 4.78 is 47.8. The van der Waals surface area contributed by atoms with E-state index in [2.05, 4.69) is 9.40 Å². The Kier molecular flexibility index (Phi) is 4.00. The van der Waals surface area contributed by atoms with Crippen LogP contribution in [0.5, 0.6) is 5.88 Å². The fourth-order valence-corrected chi connectivity index (χ4v) is 2.16. The Bertz CT molecular complexity index is 792. The van der Waals surface area contributed by atoms with Gasteiger partial charge in [0.05, 0.1) is 24.2 Å². The van der Waals surface area contributed by atoms with Crippen molar-refractivity contribution in [2.45, 2.75) is 12.3 Å². The number of nitrogens with zero attached hydrogens (tertiary/aromatic N) is 2. The molecule has 3 heterocycles. The lowest BCUT2D eigenvalue weighted by Crippen LogP contribution is -2.56. The fourth-order valence-electron chi connectivity index (χ4n) is 2.16. The minimum atomic E-state index is -4.47. The molecule has 126 valence electrons. The van der Waals surface area contributed by atoms with E-state index < -0.39 is 23.5 Å². The summed E-state index contributed by atoms with van der Waals surface area (Å²) in [7, 11) is 0. The number of amides is 1. The zero-order valence-electron chi connectivity index (χ0n) is 12.1. The van der Waals surface area contributed by atoms with Gasteiger partial charge in [-0.15, -0.1) is 0 Å². The first-order chi connectivity index (χ1) is 11.3. The first-order valence-corrected chi connectivity index (χ1v) is 6.91. The summed E-state index contributed by atoms with van der Waals surface area (Å²) in [5.74, 6) is -0.497. The van der Waals surface area contributed by atoms with Crippen molar-refractivity contribution >= 4 is 5.91 Å². The van der Waals surface area contributed by atoms with E-state index in [9.17, 15) is 22.8 Å². The Morgan fingerprint density at radius 1 is 1.29 bits per heavy atom. The fraction of sp³-hybridized carbons (Fsp3) is 0.267. The summed E-state index contributed by atoms with van der Waals surface area (Å²) in [6, 6.07) is 4.15. The lowest BCUT2D eigenvalue weighted by molar-refractivity contribution is -0.137. The van der Waals surface area contributed by atoms with Gasteiger partial charge in [-0.2, -0.15) is 13.2 Å². The third kappa shape index (κ3) is 3.39. The van der Waals surface area contributed by atoms with Crippen molar-refractivity contribution in [1.29, 1.82) is 0 Å². The SMILES string of the molecule is O=C(c1ccc(=O)oc1)N1CC(Oc2cc(C(F)(F)F)ccn2)C1. The molecule has 2 aromatic heterocycles. The van der Waals surface area contributed by atoms with Crippen molar-refractivity contribution in [3.63, 3.8) is 0 Å². The van der Waals surface area contributed by atoms with Gasteiger partial charge in [-0.3, -0.25) is 4.79 Å². The molecule has 0 atom stereocenters. The molecule has 0 saturated carbocycles. The number of hydrogen-bond acceptors (Lipinski definition) is 5. The normalized spacial score (nSPS) is 15.0. The number of halogens is 3. The smallest absolute Gasteiger partial charge is 0.416 e. The Labute approximate surface area is 133 Å². The predicted octanol–water partition coefficient (Wildman–Crippen LogP) is 1.96. The van der Waals surface area contributed by atoms with E-state index in [1.807, 2.05) is 0 Å². The van der Waals surface area contributed by atoms with Gasteiger partial charge in [0, 0.05) is 18.3 Å². The van der Waals surface area contributed by atoms with Gasteiger partial charge in [0.2, 0.25) is 5.88 Å². The molecule has 9 heteroatoms. The molecule has 1 aliphatic rings. The topological polar surface area (TPSA) is 72.6 Å². The van der Waals surface area contributed by atoms with Crippen molar-refractivity contribution in [2.24, 2.45) is 0 Å². The molecule has 1 saturated heterocycles. The highest BCUT2D eigenvalue weighted by molar-refractivity contribution is 5.94. The molecule has 0 aliphatic carbocycles. The van der Waals surface area contributed by atoms with Crippen LogP contribution in [0.4, 0.5) is 13.2 Å². The van der Waals surface area contributed by atoms with Gasteiger partial charge in [0.25, 0.3) is 5.91 Å². The molecule has 2 aromatic rings. The molecule has 1 aliphatic heterocycles. The highest BCUT2D eigenvalue weighted by Crippen LogP contribution is 2.31. The van der Waals surface area contributed by atoms with E-state index in [1.165, 1.54) is 11.0 Å². The molecular formula is C15H11F3N2O4. The quantitative estimate of drug-likeness (QED) is 0.854. The van der Waals surface area contributed by atoms with Gasteiger partial charge in [0.15, 0.2) is 0 Å². The number of pyridine rings is 1. The molecule has 6 nitrogen and oxygen atoms in total. The number of rotatable bonds is 3. The van der Waals surface area contributed by atoms with E-state index >= 15 is 0 Å². The van der Waals surface area contributed by atoms with E-state index in [-0.39, 0.29) is 30.4 Å². The highest BCUT2D eigenvalue weighted by Gasteiger charge is 2.35. The Hall–Kier alpha value is -2.84. The zero-order valence-corrected chi connectivity index (χ0v) is 12.1. The van der Waals surface area contributed by atoms with Crippen LogP contribution in [0.3, 0.4) is 0 Å². The maximum Gasteiger partial charge on any atom is 0.416 e. The number of hydrogen-bond donors (Lipinski definition) is 0.